The van der Waals surface area contributed by atoms with Crippen LogP contribution in [0.15, 0.2) is 18.2 Å². The van der Waals surface area contributed by atoms with Gasteiger partial charge in [-0.2, -0.15) is 0 Å². The summed E-state index contributed by atoms with van der Waals surface area (Å²) in [6, 6.07) is 6.54. The lowest BCUT2D eigenvalue weighted by Crippen LogP contribution is -2.56. The summed E-state index contributed by atoms with van der Waals surface area (Å²) in [6.45, 7) is 6.17. The minimum atomic E-state index is 0.177. The lowest BCUT2D eigenvalue weighted by Gasteiger charge is -2.50. The van der Waals surface area contributed by atoms with Crippen LogP contribution in [0.3, 0.4) is 0 Å². The van der Waals surface area contributed by atoms with Gasteiger partial charge < -0.3 is 10.1 Å². The van der Waals surface area contributed by atoms with E-state index in [9.17, 15) is 0 Å². The SMILES string of the molecule is COCCNC(C(C)C)C1(c2ccc(Cl)c(Cl)c2)CCC1. The topological polar surface area (TPSA) is 21.3 Å². The van der Waals surface area contributed by atoms with Gasteiger partial charge in [0.2, 0.25) is 0 Å². The molecule has 1 aliphatic carbocycles. The quantitative estimate of drug-likeness (QED) is 0.733. The molecule has 0 amide bonds. The summed E-state index contributed by atoms with van der Waals surface area (Å²) in [5.41, 5.74) is 1.49. The van der Waals surface area contributed by atoms with Crippen LogP contribution in [0.1, 0.15) is 38.7 Å². The second-order valence-electron chi connectivity index (χ2n) is 6.31. The maximum absolute atomic E-state index is 6.24. The molecule has 0 radical (unpaired) electrons. The molecule has 0 aliphatic heterocycles. The van der Waals surface area contributed by atoms with Crippen LogP contribution >= 0.6 is 23.2 Å². The van der Waals surface area contributed by atoms with Gasteiger partial charge in [-0.25, -0.2) is 0 Å². The molecule has 0 saturated heterocycles. The highest BCUT2D eigenvalue weighted by atomic mass is 35.5. The van der Waals surface area contributed by atoms with Gasteiger partial charge in [0.25, 0.3) is 0 Å². The maximum Gasteiger partial charge on any atom is 0.0595 e. The molecule has 0 spiro atoms. The van der Waals surface area contributed by atoms with Crippen molar-refractivity contribution in [1.29, 1.82) is 0 Å². The van der Waals surface area contributed by atoms with Crippen molar-refractivity contribution in [2.75, 3.05) is 20.3 Å². The van der Waals surface area contributed by atoms with Gasteiger partial charge in [-0.3, -0.25) is 0 Å². The lowest BCUT2D eigenvalue weighted by atomic mass is 9.58. The maximum atomic E-state index is 6.24. The molecule has 2 rings (SSSR count). The third-order valence-corrected chi connectivity index (χ3v) is 5.41. The van der Waals surface area contributed by atoms with Crippen LogP contribution in [0.4, 0.5) is 0 Å². The third kappa shape index (κ3) is 3.56. The van der Waals surface area contributed by atoms with Gasteiger partial charge >= 0.3 is 0 Å². The Morgan fingerprint density at radius 3 is 2.43 bits per heavy atom. The van der Waals surface area contributed by atoms with E-state index in [-0.39, 0.29) is 5.41 Å². The minimum Gasteiger partial charge on any atom is -0.383 e. The first-order valence-corrected chi connectivity index (χ1v) is 8.44. The molecular weight excluding hydrogens is 305 g/mol. The van der Waals surface area contributed by atoms with E-state index in [0.29, 0.717) is 22.0 Å². The predicted molar refractivity (Wildman–Crippen MR) is 90.5 cm³/mol. The molecule has 1 N–H and O–H groups in total. The molecule has 1 aliphatic rings. The molecule has 4 heteroatoms. The average Bonchev–Trinajstić information content (AvgIpc) is 2.39. The van der Waals surface area contributed by atoms with Crippen LogP contribution in [-0.4, -0.2) is 26.3 Å². The number of rotatable bonds is 7. The van der Waals surface area contributed by atoms with Crippen molar-refractivity contribution in [3.63, 3.8) is 0 Å². The van der Waals surface area contributed by atoms with Crippen molar-refractivity contribution in [1.82, 2.24) is 5.32 Å². The number of ether oxygens (including phenoxy) is 1. The number of hydrogen-bond donors (Lipinski definition) is 1. The van der Waals surface area contributed by atoms with E-state index in [1.54, 1.807) is 7.11 Å². The van der Waals surface area contributed by atoms with Crippen LogP contribution in [0.25, 0.3) is 0 Å². The van der Waals surface area contributed by atoms with Gasteiger partial charge in [0, 0.05) is 25.1 Å². The number of halogens is 2. The predicted octanol–water partition coefficient (Wildman–Crippen LogP) is 4.68. The van der Waals surface area contributed by atoms with Crippen LogP contribution in [0, 0.1) is 5.92 Å². The average molecular weight is 330 g/mol. The molecule has 2 nitrogen and oxygen atoms in total. The van der Waals surface area contributed by atoms with Gasteiger partial charge in [0.15, 0.2) is 0 Å². The van der Waals surface area contributed by atoms with Crippen molar-refractivity contribution in [3.8, 4) is 0 Å². The van der Waals surface area contributed by atoms with Crippen LogP contribution in [-0.2, 0) is 10.2 Å². The molecule has 21 heavy (non-hydrogen) atoms. The molecule has 1 atom stereocenters. The Kier molecular flexibility index (Phi) is 5.96. The third-order valence-electron chi connectivity index (χ3n) is 4.67. The Morgan fingerprint density at radius 2 is 1.95 bits per heavy atom. The second kappa shape index (κ2) is 7.32. The standard InChI is InChI=1S/C17H25Cl2NO/c1-12(2)16(20-9-10-21-3)17(7-4-8-17)13-5-6-14(18)15(19)11-13/h5-6,11-12,16,20H,4,7-10H2,1-3H3. The van der Waals surface area contributed by atoms with Gasteiger partial charge in [-0.1, -0.05) is 49.5 Å². The number of nitrogens with one attached hydrogen (secondary N) is 1. The zero-order valence-electron chi connectivity index (χ0n) is 13.1. The summed E-state index contributed by atoms with van der Waals surface area (Å²) in [7, 11) is 1.74. The Morgan fingerprint density at radius 1 is 1.24 bits per heavy atom. The monoisotopic (exact) mass is 329 g/mol. The zero-order chi connectivity index (χ0) is 15.5. The molecular formula is C17H25Cl2NO. The normalized spacial score (nSPS) is 18.6. The molecule has 1 saturated carbocycles. The highest BCUT2D eigenvalue weighted by Gasteiger charge is 2.46. The highest BCUT2D eigenvalue weighted by molar-refractivity contribution is 6.42. The molecule has 1 aromatic carbocycles. The van der Waals surface area contributed by atoms with Crippen LogP contribution in [0.2, 0.25) is 10.0 Å². The smallest absolute Gasteiger partial charge is 0.0595 e. The van der Waals surface area contributed by atoms with E-state index in [1.165, 1.54) is 24.8 Å². The molecule has 0 bridgehead atoms. The van der Waals surface area contributed by atoms with Crippen molar-refractivity contribution < 1.29 is 4.74 Å². The summed E-state index contributed by atoms with van der Waals surface area (Å²) in [5, 5.41) is 4.98. The van der Waals surface area contributed by atoms with E-state index in [0.717, 1.165) is 13.2 Å². The van der Waals surface area contributed by atoms with E-state index in [4.69, 9.17) is 27.9 Å². The first-order valence-electron chi connectivity index (χ1n) is 7.69. The van der Waals surface area contributed by atoms with Crippen LogP contribution < -0.4 is 5.32 Å². The van der Waals surface area contributed by atoms with E-state index in [2.05, 4.69) is 31.3 Å². The molecule has 118 valence electrons. The molecule has 1 aromatic rings. The Labute approximate surface area is 138 Å². The van der Waals surface area contributed by atoms with Crippen molar-refractivity contribution in [3.05, 3.63) is 33.8 Å². The minimum absolute atomic E-state index is 0.177. The molecule has 1 unspecified atom stereocenters. The number of methoxy groups -OCH3 is 1. The summed E-state index contributed by atoms with van der Waals surface area (Å²) in [5.74, 6) is 0.552. The summed E-state index contributed by atoms with van der Waals surface area (Å²) >= 11 is 12.3. The number of benzene rings is 1. The lowest BCUT2D eigenvalue weighted by molar-refractivity contribution is 0.122. The van der Waals surface area contributed by atoms with E-state index < -0.39 is 0 Å². The largest absolute Gasteiger partial charge is 0.383 e. The Hall–Kier alpha value is -0.280. The molecule has 0 heterocycles. The van der Waals surface area contributed by atoms with Gasteiger partial charge in [-0.05, 0) is 36.5 Å². The zero-order valence-corrected chi connectivity index (χ0v) is 14.6. The van der Waals surface area contributed by atoms with Crippen LogP contribution in [0.5, 0.6) is 0 Å². The van der Waals surface area contributed by atoms with Gasteiger partial charge in [0.1, 0.15) is 0 Å². The van der Waals surface area contributed by atoms with E-state index >= 15 is 0 Å². The highest BCUT2D eigenvalue weighted by Crippen LogP contribution is 2.49. The van der Waals surface area contributed by atoms with Crippen molar-refractivity contribution in [2.45, 2.75) is 44.6 Å². The van der Waals surface area contributed by atoms with Crippen molar-refractivity contribution >= 4 is 23.2 Å². The fourth-order valence-corrected chi connectivity index (χ4v) is 3.83. The summed E-state index contributed by atoms with van der Waals surface area (Å²) < 4.78 is 5.18. The molecule has 0 aromatic heterocycles. The molecule has 1 fully saturated rings. The summed E-state index contributed by atoms with van der Waals surface area (Å²) in [6.07, 6.45) is 3.68. The van der Waals surface area contributed by atoms with Gasteiger partial charge in [0.05, 0.1) is 16.7 Å². The summed E-state index contributed by atoms with van der Waals surface area (Å²) in [4.78, 5) is 0. The van der Waals surface area contributed by atoms with E-state index in [1.807, 2.05) is 6.07 Å². The Balaban J connectivity index is 2.26. The first-order chi connectivity index (χ1) is 10.0. The number of hydrogen-bond acceptors (Lipinski definition) is 2. The fraction of sp³-hybridized carbons (Fsp3) is 0.647. The fourth-order valence-electron chi connectivity index (χ4n) is 3.53. The Bertz CT molecular complexity index is 472. The first kappa shape index (κ1) is 17.1. The van der Waals surface area contributed by atoms with Crippen molar-refractivity contribution in [2.24, 2.45) is 5.92 Å². The second-order valence-corrected chi connectivity index (χ2v) is 7.12. The van der Waals surface area contributed by atoms with Gasteiger partial charge in [-0.15, -0.1) is 0 Å².